The van der Waals surface area contributed by atoms with E-state index in [9.17, 15) is 4.39 Å². The zero-order chi connectivity index (χ0) is 13.0. The monoisotopic (exact) mass is 265 g/mol. The Bertz CT molecular complexity index is 499. The quantitative estimate of drug-likeness (QED) is 0.894. The fraction of sp³-hybridized carbons (Fsp3) is 0.286. The van der Waals surface area contributed by atoms with Crippen LogP contribution in [0.15, 0.2) is 35.7 Å². The molecule has 1 aromatic carbocycles. The van der Waals surface area contributed by atoms with E-state index in [1.807, 2.05) is 24.6 Å². The molecular formula is C14H16FNOS. The molecule has 0 bridgehead atoms. The Morgan fingerprint density at radius 3 is 2.78 bits per heavy atom. The van der Waals surface area contributed by atoms with Crippen molar-refractivity contribution in [1.29, 1.82) is 0 Å². The van der Waals surface area contributed by atoms with Gasteiger partial charge in [0, 0.05) is 10.9 Å². The number of rotatable bonds is 5. The second kappa shape index (κ2) is 5.98. The number of halogens is 1. The van der Waals surface area contributed by atoms with E-state index in [2.05, 4.69) is 11.4 Å². The van der Waals surface area contributed by atoms with Crippen molar-refractivity contribution in [3.05, 3.63) is 52.0 Å². The number of hydrogen-bond acceptors (Lipinski definition) is 3. The lowest BCUT2D eigenvalue weighted by atomic mass is 10.0. The first-order chi connectivity index (χ1) is 8.74. The van der Waals surface area contributed by atoms with Crippen LogP contribution in [0.2, 0.25) is 0 Å². The molecule has 2 aromatic rings. The Labute approximate surface area is 110 Å². The Hall–Kier alpha value is -1.39. The van der Waals surface area contributed by atoms with Crippen LogP contribution in [0.1, 0.15) is 16.5 Å². The summed E-state index contributed by atoms with van der Waals surface area (Å²) < 4.78 is 18.5. The minimum Gasteiger partial charge on any atom is -0.494 e. The van der Waals surface area contributed by atoms with Gasteiger partial charge in [-0.3, -0.25) is 0 Å². The van der Waals surface area contributed by atoms with Gasteiger partial charge in [0.15, 0.2) is 11.6 Å². The Morgan fingerprint density at radius 2 is 2.22 bits per heavy atom. The molecule has 0 amide bonds. The Balaban J connectivity index is 2.15. The van der Waals surface area contributed by atoms with Gasteiger partial charge in [0.05, 0.1) is 7.11 Å². The molecule has 2 nitrogen and oxygen atoms in total. The molecule has 0 aliphatic heterocycles. The van der Waals surface area contributed by atoms with Crippen molar-refractivity contribution in [2.75, 3.05) is 14.2 Å². The summed E-state index contributed by atoms with van der Waals surface area (Å²) in [4.78, 5) is 1.26. The molecule has 1 unspecified atom stereocenters. The van der Waals surface area contributed by atoms with Crippen LogP contribution in [-0.4, -0.2) is 14.2 Å². The normalized spacial score (nSPS) is 12.4. The van der Waals surface area contributed by atoms with Crippen molar-refractivity contribution in [3.63, 3.8) is 0 Å². The minimum atomic E-state index is -0.309. The first-order valence-corrected chi connectivity index (χ1v) is 6.65. The molecule has 2 rings (SSSR count). The summed E-state index contributed by atoms with van der Waals surface area (Å²) in [5.41, 5.74) is 0.959. The van der Waals surface area contributed by atoms with Crippen LogP contribution in [0.4, 0.5) is 4.39 Å². The molecule has 1 atom stereocenters. The van der Waals surface area contributed by atoms with Crippen molar-refractivity contribution in [1.82, 2.24) is 5.32 Å². The third-order valence-electron chi connectivity index (χ3n) is 2.89. The highest BCUT2D eigenvalue weighted by Crippen LogP contribution is 2.25. The molecule has 0 radical (unpaired) electrons. The number of ether oxygens (including phenoxy) is 1. The van der Waals surface area contributed by atoms with Gasteiger partial charge in [-0.15, -0.1) is 11.3 Å². The van der Waals surface area contributed by atoms with Crippen molar-refractivity contribution in [3.8, 4) is 5.75 Å². The van der Waals surface area contributed by atoms with E-state index in [4.69, 9.17) is 4.74 Å². The molecule has 0 fully saturated rings. The van der Waals surface area contributed by atoms with Crippen molar-refractivity contribution >= 4 is 11.3 Å². The van der Waals surface area contributed by atoms with Gasteiger partial charge in [0.2, 0.25) is 0 Å². The van der Waals surface area contributed by atoms with Crippen LogP contribution in [0.25, 0.3) is 0 Å². The number of methoxy groups -OCH3 is 1. The van der Waals surface area contributed by atoms with Crippen LogP contribution < -0.4 is 10.1 Å². The van der Waals surface area contributed by atoms with E-state index < -0.39 is 0 Å². The van der Waals surface area contributed by atoms with E-state index in [1.165, 1.54) is 18.1 Å². The molecule has 0 spiro atoms. The highest BCUT2D eigenvalue weighted by molar-refractivity contribution is 7.10. The van der Waals surface area contributed by atoms with Gasteiger partial charge in [0.25, 0.3) is 0 Å². The fourth-order valence-corrected chi connectivity index (χ4v) is 2.74. The largest absolute Gasteiger partial charge is 0.494 e. The van der Waals surface area contributed by atoms with Gasteiger partial charge < -0.3 is 10.1 Å². The Kier molecular flexibility index (Phi) is 4.33. The molecule has 0 aliphatic rings. The maximum absolute atomic E-state index is 13.6. The zero-order valence-corrected chi connectivity index (χ0v) is 11.3. The number of likely N-dealkylation sites (N-methyl/N-ethyl adjacent to an activating group) is 1. The topological polar surface area (TPSA) is 21.3 Å². The molecule has 1 N–H and O–H groups in total. The maximum atomic E-state index is 13.6. The Morgan fingerprint density at radius 1 is 1.39 bits per heavy atom. The van der Waals surface area contributed by atoms with E-state index >= 15 is 0 Å². The minimum absolute atomic E-state index is 0.220. The predicted octanol–water partition coefficient (Wildman–Crippen LogP) is 3.40. The fourth-order valence-electron chi connectivity index (χ4n) is 1.91. The van der Waals surface area contributed by atoms with Crippen molar-refractivity contribution in [2.45, 2.75) is 12.5 Å². The summed E-state index contributed by atoms with van der Waals surface area (Å²) >= 11 is 1.71. The zero-order valence-electron chi connectivity index (χ0n) is 10.4. The van der Waals surface area contributed by atoms with Gasteiger partial charge >= 0.3 is 0 Å². The molecule has 1 heterocycles. The third kappa shape index (κ3) is 2.89. The highest BCUT2D eigenvalue weighted by Gasteiger charge is 2.12. The smallest absolute Gasteiger partial charge is 0.165 e. The van der Waals surface area contributed by atoms with E-state index in [0.717, 1.165) is 12.0 Å². The molecule has 0 aliphatic carbocycles. The summed E-state index contributed by atoms with van der Waals surface area (Å²) in [6.07, 6.45) is 0.762. The van der Waals surface area contributed by atoms with Gasteiger partial charge in [-0.1, -0.05) is 12.1 Å². The highest BCUT2D eigenvalue weighted by atomic mass is 32.1. The number of hydrogen-bond donors (Lipinski definition) is 1. The van der Waals surface area contributed by atoms with Crippen LogP contribution in [0.5, 0.6) is 5.75 Å². The number of nitrogens with one attached hydrogen (secondary N) is 1. The van der Waals surface area contributed by atoms with Gasteiger partial charge in [-0.05, 0) is 42.6 Å². The molecule has 1 aromatic heterocycles. The van der Waals surface area contributed by atoms with Crippen LogP contribution >= 0.6 is 11.3 Å². The molecule has 4 heteroatoms. The van der Waals surface area contributed by atoms with E-state index in [0.29, 0.717) is 0 Å². The SMILES string of the molecule is CNC(Cc1ccc(OC)c(F)c1)c1cccs1. The predicted molar refractivity (Wildman–Crippen MR) is 72.8 cm³/mol. The lowest BCUT2D eigenvalue weighted by Gasteiger charge is -2.15. The lowest BCUT2D eigenvalue weighted by molar-refractivity contribution is 0.386. The molecule has 0 saturated carbocycles. The summed E-state index contributed by atoms with van der Waals surface area (Å²) in [5, 5.41) is 5.31. The second-order valence-electron chi connectivity index (χ2n) is 4.03. The summed E-state index contributed by atoms with van der Waals surface area (Å²) in [6.45, 7) is 0. The standard InChI is InChI=1S/C14H16FNOS/c1-16-12(14-4-3-7-18-14)9-10-5-6-13(17-2)11(15)8-10/h3-8,12,16H,9H2,1-2H3. The van der Waals surface area contributed by atoms with Crippen LogP contribution in [0.3, 0.4) is 0 Å². The second-order valence-corrected chi connectivity index (χ2v) is 5.01. The van der Waals surface area contributed by atoms with E-state index in [1.54, 1.807) is 17.4 Å². The average molecular weight is 265 g/mol. The van der Waals surface area contributed by atoms with E-state index in [-0.39, 0.29) is 17.6 Å². The summed E-state index contributed by atoms with van der Waals surface area (Å²) in [7, 11) is 3.39. The summed E-state index contributed by atoms with van der Waals surface area (Å²) in [6, 6.07) is 9.45. The van der Waals surface area contributed by atoms with Gasteiger partial charge in [-0.25, -0.2) is 4.39 Å². The van der Waals surface area contributed by atoms with Crippen LogP contribution in [0, 0.1) is 5.82 Å². The third-order valence-corrected chi connectivity index (χ3v) is 3.88. The van der Waals surface area contributed by atoms with Crippen molar-refractivity contribution in [2.24, 2.45) is 0 Å². The van der Waals surface area contributed by atoms with Crippen molar-refractivity contribution < 1.29 is 9.13 Å². The first-order valence-electron chi connectivity index (χ1n) is 5.77. The van der Waals surface area contributed by atoms with Gasteiger partial charge in [0.1, 0.15) is 0 Å². The first kappa shape index (κ1) is 13.1. The number of thiophene rings is 1. The molecule has 18 heavy (non-hydrogen) atoms. The molecule has 0 saturated heterocycles. The average Bonchev–Trinajstić information content (AvgIpc) is 2.90. The van der Waals surface area contributed by atoms with Crippen LogP contribution in [-0.2, 0) is 6.42 Å². The van der Waals surface area contributed by atoms with Gasteiger partial charge in [-0.2, -0.15) is 0 Å². The number of benzene rings is 1. The maximum Gasteiger partial charge on any atom is 0.165 e. The molecular weight excluding hydrogens is 249 g/mol. The molecule has 96 valence electrons. The lowest BCUT2D eigenvalue weighted by Crippen LogP contribution is -2.17. The summed E-state index contributed by atoms with van der Waals surface area (Å²) in [5.74, 6) is -0.0214.